The first-order valence-electron chi connectivity index (χ1n) is 12.9. The summed E-state index contributed by atoms with van der Waals surface area (Å²) < 4.78 is 1.80. The van der Waals surface area contributed by atoms with E-state index < -0.39 is 17.7 Å². The van der Waals surface area contributed by atoms with Crippen LogP contribution in [-0.4, -0.2) is 40.2 Å². The molecule has 37 heavy (non-hydrogen) atoms. The van der Waals surface area contributed by atoms with Gasteiger partial charge in [0.2, 0.25) is 5.91 Å². The molecule has 0 saturated carbocycles. The Bertz CT molecular complexity index is 1350. The molecular formula is C31H31N3O3. The number of hydrogen-bond donors (Lipinski definition) is 1. The van der Waals surface area contributed by atoms with E-state index in [0.29, 0.717) is 10.9 Å². The van der Waals surface area contributed by atoms with E-state index >= 15 is 0 Å². The van der Waals surface area contributed by atoms with Crippen molar-refractivity contribution in [2.45, 2.75) is 38.3 Å². The summed E-state index contributed by atoms with van der Waals surface area (Å²) in [6, 6.07) is 26.2. The average Bonchev–Trinajstić information content (AvgIpc) is 3.10. The molecule has 1 aliphatic heterocycles. The molecule has 1 N–H and O–H groups in total. The number of aromatic nitrogens is 1. The van der Waals surface area contributed by atoms with Gasteiger partial charge in [-0.05, 0) is 30.0 Å². The quantitative estimate of drug-likeness (QED) is 0.287. The van der Waals surface area contributed by atoms with Gasteiger partial charge in [0.25, 0.3) is 11.7 Å². The van der Waals surface area contributed by atoms with Gasteiger partial charge in [0, 0.05) is 30.2 Å². The third-order valence-corrected chi connectivity index (χ3v) is 7.05. The maximum Gasteiger partial charge on any atom is 0.293 e. The van der Waals surface area contributed by atoms with Gasteiger partial charge in [0.05, 0.1) is 11.6 Å². The number of likely N-dealkylation sites (tertiary alicyclic amines) is 1. The summed E-state index contributed by atoms with van der Waals surface area (Å²) in [5.41, 5.74) is 2.85. The highest BCUT2D eigenvalue weighted by molar-refractivity contribution is 6.45. The number of carbonyl (C=O) groups excluding carboxylic acids is 3. The summed E-state index contributed by atoms with van der Waals surface area (Å²) >= 11 is 0. The van der Waals surface area contributed by atoms with Crippen molar-refractivity contribution in [1.82, 2.24) is 14.8 Å². The van der Waals surface area contributed by atoms with Gasteiger partial charge < -0.3 is 14.8 Å². The molecule has 2 heterocycles. The van der Waals surface area contributed by atoms with Crippen LogP contribution in [0.4, 0.5) is 0 Å². The van der Waals surface area contributed by atoms with Gasteiger partial charge in [0.15, 0.2) is 0 Å². The van der Waals surface area contributed by atoms with Crippen LogP contribution < -0.4 is 5.32 Å². The Morgan fingerprint density at radius 3 is 1.92 bits per heavy atom. The number of benzene rings is 3. The lowest BCUT2D eigenvalue weighted by atomic mass is 9.98. The fourth-order valence-electron chi connectivity index (χ4n) is 5.09. The number of carbonyl (C=O) groups is 3. The number of amides is 2. The van der Waals surface area contributed by atoms with Gasteiger partial charge in [-0.25, -0.2) is 0 Å². The molecule has 188 valence electrons. The SMILES string of the molecule is O=C(NC(c1ccccc1)c1ccccc1)C(=O)c1cn(CC(=O)N2CCCCCC2)c2ccccc12. The summed E-state index contributed by atoms with van der Waals surface area (Å²) in [4.78, 5) is 41.8. The van der Waals surface area contributed by atoms with E-state index in [1.165, 1.54) is 0 Å². The first kappa shape index (κ1) is 24.5. The van der Waals surface area contributed by atoms with Crippen molar-refractivity contribution in [2.75, 3.05) is 13.1 Å². The fourth-order valence-corrected chi connectivity index (χ4v) is 5.09. The monoisotopic (exact) mass is 493 g/mol. The number of ketones is 1. The van der Waals surface area contributed by atoms with Crippen molar-refractivity contribution in [3.63, 3.8) is 0 Å². The summed E-state index contributed by atoms with van der Waals surface area (Å²) in [6.45, 7) is 1.69. The Labute approximate surface area is 216 Å². The number of para-hydroxylation sites is 1. The van der Waals surface area contributed by atoms with Crippen molar-refractivity contribution in [3.05, 3.63) is 108 Å². The first-order chi connectivity index (χ1) is 18.1. The van der Waals surface area contributed by atoms with Crippen LogP contribution in [0.15, 0.2) is 91.1 Å². The predicted molar refractivity (Wildman–Crippen MR) is 144 cm³/mol. The Kier molecular flexibility index (Phi) is 7.45. The second-order valence-corrected chi connectivity index (χ2v) is 9.54. The molecule has 2 amide bonds. The van der Waals surface area contributed by atoms with Gasteiger partial charge >= 0.3 is 0 Å². The minimum Gasteiger partial charge on any atom is -0.341 e. The molecule has 1 aliphatic rings. The maximum atomic E-state index is 13.5. The van der Waals surface area contributed by atoms with Crippen molar-refractivity contribution >= 4 is 28.5 Å². The second kappa shape index (κ2) is 11.2. The van der Waals surface area contributed by atoms with Gasteiger partial charge in [-0.3, -0.25) is 14.4 Å². The molecule has 1 aromatic heterocycles. The third kappa shape index (κ3) is 5.48. The van der Waals surface area contributed by atoms with Gasteiger partial charge in [0.1, 0.15) is 6.54 Å². The van der Waals surface area contributed by atoms with Crippen molar-refractivity contribution in [1.29, 1.82) is 0 Å². The van der Waals surface area contributed by atoms with E-state index in [2.05, 4.69) is 5.32 Å². The van der Waals surface area contributed by atoms with Crippen molar-refractivity contribution in [2.24, 2.45) is 0 Å². The lowest BCUT2D eigenvalue weighted by Crippen LogP contribution is -2.35. The summed E-state index contributed by atoms with van der Waals surface area (Å²) in [5, 5.41) is 3.62. The molecule has 5 rings (SSSR count). The molecule has 0 spiro atoms. The Balaban J connectivity index is 1.41. The van der Waals surface area contributed by atoms with Crippen molar-refractivity contribution < 1.29 is 14.4 Å². The molecule has 0 atom stereocenters. The zero-order valence-corrected chi connectivity index (χ0v) is 20.8. The highest BCUT2D eigenvalue weighted by Crippen LogP contribution is 2.25. The van der Waals surface area contributed by atoms with E-state index in [4.69, 9.17) is 0 Å². The topological polar surface area (TPSA) is 71.4 Å². The fraction of sp³-hybridized carbons (Fsp3) is 0.258. The molecule has 1 fully saturated rings. The van der Waals surface area contributed by atoms with Gasteiger partial charge in [-0.1, -0.05) is 91.7 Å². The minimum atomic E-state index is -0.681. The molecule has 0 bridgehead atoms. The normalized spacial score (nSPS) is 13.9. The van der Waals surface area contributed by atoms with E-state index in [1.807, 2.05) is 89.8 Å². The van der Waals surface area contributed by atoms with Crippen LogP contribution in [0.5, 0.6) is 0 Å². The molecule has 4 aromatic rings. The van der Waals surface area contributed by atoms with Crippen LogP contribution in [-0.2, 0) is 16.1 Å². The lowest BCUT2D eigenvalue weighted by Gasteiger charge is -2.20. The number of hydrogen-bond acceptors (Lipinski definition) is 3. The number of nitrogens with zero attached hydrogens (tertiary/aromatic N) is 2. The number of Topliss-reactive ketones (excluding diaryl/α,β-unsaturated/α-hetero) is 1. The van der Waals surface area contributed by atoms with Crippen LogP contribution in [0, 0.1) is 0 Å². The number of nitrogens with one attached hydrogen (secondary N) is 1. The number of fused-ring (bicyclic) bond motifs is 1. The van der Waals surface area contributed by atoms with E-state index in [-0.39, 0.29) is 12.5 Å². The van der Waals surface area contributed by atoms with E-state index in [0.717, 1.165) is 55.4 Å². The molecule has 0 unspecified atom stereocenters. The Morgan fingerprint density at radius 2 is 1.30 bits per heavy atom. The average molecular weight is 494 g/mol. The van der Waals surface area contributed by atoms with Crippen molar-refractivity contribution in [3.8, 4) is 0 Å². The summed E-state index contributed by atoms with van der Waals surface area (Å²) in [5.74, 6) is -1.26. The minimum absolute atomic E-state index is 0.0410. The first-order valence-corrected chi connectivity index (χ1v) is 12.9. The van der Waals surface area contributed by atoms with Crippen LogP contribution >= 0.6 is 0 Å². The van der Waals surface area contributed by atoms with Crippen LogP contribution in [0.25, 0.3) is 10.9 Å². The Morgan fingerprint density at radius 1 is 0.730 bits per heavy atom. The molecule has 3 aromatic carbocycles. The summed E-state index contributed by atoms with van der Waals surface area (Å²) in [7, 11) is 0. The van der Waals surface area contributed by atoms with Crippen LogP contribution in [0.1, 0.15) is 53.2 Å². The largest absolute Gasteiger partial charge is 0.341 e. The van der Waals surface area contributed by atoms with E-state index in [9.17, 15) is 14.4 Å². The molecule has 0 radical (unpaired) electrons. The number of rotatable bonds is 7. The Hall–Kier alpha value is -4.19. The zero-order valence-electron chi connectivity index (χ0n) is 20.8. The smallest absolute Gasteiger partial charge is 0.293 e. The molecule has 6 nitrogen and oxygen atoms in total. The third-order valence-electron chi connectivity index (χ3n) is 7.05. The molecular weight excluding hydrogens is 462 g/mol. The van der Waals surface area contributed by atoms with Crippen LogP contribution in [0.3, 0.4) is 0 Å². The highest BCUT2D eigenvalue weighted by atomic mass is 16.2. The van der Waals surface area contributed by atoms with Gasteiger partial charge in [-0.15, -0.1) is 0 Å². The second-order valence-electron chi connectivity index (χ2n) is 9.54. The molecule has 6 heteroatoms. The highest BCUT2D eigenvalue weighted by Gasteiger charge is 2.26. The zero-order chi connectivity index (χ0) is 25.6. The van der Waals surface area contributed by atoms with Crippen LogP contribution in [0.2, 0.25) is 0 Å². The lowest BCUT2D eigenvalue weighted by molar-refractivity contribution is -0.131. The summed E-state index contributed by atoms with van der Waals surface area (Å²) in [6.07, 6.45) is 5.99. The molecule has 0 aliphatic carbocycles. The maximum absolute atomic E-state index is 13.5. The van der Waals surface area contributed by atoms with E-state index in [1.54, 1.807) is 10.8 Å². The predicted octanol–water partition coefficient (Wildman–Crippen LogP) is 5.13. The molecule has 1 saturated heterocycles. The standard InChI is InChI=1S/C31H31N3O3/c35-28(33-19-11-1-2-12-20-33)22-34-21-26(25-17-9-10-18-27(25)34)30(36)31(37)32-29(23-13-5-3-6-14-23)24-15-7-4-8-16-24/h3-10,13-18,21,29H,1-2,11-12,19-20,22H2,(H,32,37). The van der Waals surface area contributed by atoms with Gasteiger partial charge in [-0.2, -0.15) is 0 Å².